The van der Waals surface area contributed by atoms with Crippen molar-refractivity contribution < 1.29 is 0 Å². The lowest BCUT2D eigenvalue weighted by Gasteiger charge is -1.89. The van der Waals surface area contributed by atoms with Gasteiger partial charge in [-0.3, -0.25) is 0 Å². The summed E-state index contributed by atoms with van der Waals surface area (Å²) < 4.78 is 1.99. The van der Waals surface area contributed by atoms with E-state index in [-0.39, 0.29) is 0 Å². The van der Waals surface area contributed by atoms with Crippen LogP contribution >= 0.6 is 44.3 Å². The lowest BCUT2D eigenvalue weighted by atomic mass is 10.5. The van der Waals surface area contributed by atoms with Crippen molar-refractivity contribution in [1.29, 1.82) is 0 Å². The van der Waals surface area contributed by atoms with Crippen LogP contribution in [0.4, 0.5) is 0 Å². The molecule has 4 aromatic rings. The molecular weight excluding hydrogens is 352 g/mol. The molecule has 0 unspecified atom stereocenters. The average Bonchev–Trinajstić information content (AvgIpc) is 3.17. The number of hydrogen-bond donors (Lipinski definition) is 0. The Balaban J connectivity index is 0.000000693. The Kier molecular flexibility index (Phi) is 5.24. The molecule has 0 N–H and O–H groups in total. The molecule has 0 radical (unpaired) electrons. The van der Waals surface area contributed by atoms with E-state index in [1.165, 1.54) is 0 Å². The Morgan fingerprint density at radius 3 is 1.64 bits per heavy atom. The van der Waals surface area contributed by atoms with Gasteiger partial charge in [0.15, 0.2) is 8.68 Å². The van der Waals surface area contributed by atoms with Crippen molar-refractivity contribution in [3.8, 4) is 0 Å². The van der Waals surface area contributed by atoms with Crippen LogP contribution in [0.25, 0.3) is 20.7 Å². The van der Waals surface area contributed by atoms with Gasteiger partial charge in [0.2, 0.25) is 0 Å². The standard InChI is InChI=1S/C12H6N4S4.C2H6/c1-3-7-9(13-5-1)17-11(15-7)19-20-12-16-8-4-2-6-14-10(8)18-12;1-2/h1-6H;1-2H3. The van der Waals surface area contributed by atoms with Crippen molar-refractivity contribution in [3.63, 3.8) is 0 Å². The molecule has 0 atom stereocenters. The summed E-state index contributed by atoms with van der Waals surface area (Å²) in [5.41, 5.74) is 1.90. The summed E-state index contributed by atoms with van der Waals surface area (Å²) in [6.45, 7) is 4.00. The Labute approximate surface area is 143 Å². The van der Waals surface area contributed by atoms with E-state index in [0.717, 1.165) is 29.4 Å². The van der Waals surface area contributed by atoms with Crippen molar-refractivity contribution in [2.45, 2.75) is 22.5 Å². The quantitative estimate of drug-likeness (QED) is 0.446. The van der Waals surface area contributed by atoms with E-state index in [1.807, 2.05) is 38.1 Å². The first-order chi connectivity index (χ1) is 10.9. The molecule has 0 aliphatic carbocycles. The van der Waals surface area contributed by atoms with E-state index >= 15 is 0 Å². The molecule has 112 valence electrons. The Morgan fingerprint density at radius 2 is 1.23 bits per heavy atom. The van der Waals surface area contributed by atoms with E-state index in [1.54, 1.807) is 56.7 Å². The van der Waals surface area contributed by atoms with Crippen molar-refractivity contribution in [2.75, 3.05) is 0 Å². The van der Waals surface area contributed by atoms with Crippen molar-refractivity contribution in [1.82, 2.24) is 19.9 Å². The predicted octanol–water partition coefficient (Wildman–Crippen LogP) is 5.52. The van der Waals surface area contributed by atoms with E-state index in [0.29, 0.717) is 0 Å². The third-order valence-electron chi connectivity index (χ3n) is 2.48. The van der Waals surface area contributed by atoms with E-state index in [9.17, 15) is 0 Å². The molecule has 0 saturated carbocycles. The largest absolute Gasteiger partial charge is 0.244 e. The van der Waals surface area contributed by atoms with Gasteiger partial charge in [0.1, 0.15) is 20.7 Å². The zero-order valence-electron chi connectivity index (χ0n) is 11.9. The molecular formula is C14H12N4S4. The first kappa shape index (κ1) is 15.7. The van der Waals surface area contributed by atoms with Gasteiger partial charge in [0.25, 0.3) is 0 Å². The van der Waals surface area contributed by atoms with Crippen LogP contribution in [0.3, 0.4) is 0 Å². The van der Waals surface area contributed by atoms with Gasteiger partial charge in [-0.1, -0.05) is 36.5 Å². The number of nitrogens with zero attached hydrogens (tertiary/aromatic N) is 4. The second-order valence-electron chi connectivity index (χ2n) is 3.78. The minimum Gasteiger partial charge on any atom is -0.244 e. The molecule has 0 aromatic carbocycles. The van der Waals surface area contributed by atoms with Crippen molar-refractivity contribution in [2.24, 2.45) is 0 Å². The topological polar surface area (TPSA) is 51.6 Å². The van der Waals surface area contributed by atoms with E-state index < -0.39 is 0 Å². The predicted molar refractivity (Wildman–Crippen MR) is 97.9 cm³/mol. The molecule has 22 heavy (non-hydrogen) atoms. The highest BCUT2D eigenvalue weighted by Gasteiger charge is 2.09. The summed E-state index contributed by atoms with van der Waals surface area (Å²) >= 11 is 3.21. The van der Waals surface area contributed by atoms with Crippen LogP contribution in [0, 0.1) is 0 Å². The first-order valence-electron chi connectivity index (χ1n) is 6.66. The summed E-state index contributed by atoms with van der Waals surface area (Å²) in [6, 6.07) is 7.77. The smallest absolute Gasteiger partial charge is 0.163 e. The average molecular weight is 365 g/mol. The maximum atomic E-state index is 4.54. The Hall–Kier alpha value is -1.22. The monoisotopic (exact) mass is 364 g/mol. The zero-order chi connectivity index (χ0) is 15.4. The number of thiazole rings is 2. The van der Waals surface area contributed by atoms with Crippen LogP contribution in [0.15, 0.2) is 45.3 Å². The SMILES string of the molecule is CC.c1cnc2sc(SSc3nc4cccnc4s3)nc2c1. The molecule has 4 rings (SSSR count). The molecule has 0 fully saturated rings. The number of rotatable bonds is 3. The second-order valence-corrected chi connectivity index (χ2v) is 8.36. The second kappa shape index (κ2) is 7.36. The molecule has 0 bridgehead atoms. The van der Waals surface area contributed by atoms with Gasteiger partial charge in [-0.05, 0) is 45.9 Å². The van der Waals surface area contributed by atoms with Crippen LogP contribution in [-0.2, 0) is 0 Å². The van der Waals surface area contributed by atoms with Crippen molar-refractivity contribution >= 4 is 65.0 Å². The number of hydrogen-bond acceptors (Lipinski definition) is 8. The fourth-order valence-electron chi connectivity index (χ4n) is 1.64. The van der Waals surface area contributed by atoms with Crippen LogP contribution in [0.1, 0.15) is 13.8 Å². The summed E-state index contributed by atoms with van der Waals surface area (Å²) in [4.78, 5) is 19.6. The lowest BCUT2D eigenvalue weighted by molar-refractivity contribution is 1.30. The first-order valence-corrected chi connectivity index (χ1v) is 10.4. The maximum Gasteiger partial charge on any atom is 0.163 e. The molecule has 8 heteroatoms. The van der Waals surface area contributed by atoms with E-state index in [2.05, 4.69) is 19.9 Å². The molecule has 0 saturated heterocycles. The summed E-state index contributed by atoms with van der Waals surface area (Å²) in [5, 5.41) is 0. The molecule has 0 amide bonds. The van der Waals surface area contributed by atoms with Gasteiger partial charge in [-0.15, -0.1) is 0 Å². The van der Waals surface area contributed by atoms with E-state index in [4.69, 9.17) is 0 Å². The van der Waals surface area contributed by atoms with Gasteiger partial charge in [0.05, 0.1) is 0 Å². The fourth-order valence-corrected chi connectivity index (χ4v) is 5.96. The highest BCUT2D eigenvalue weighted by Crippen LogP contribution is 2.42. The zero-order valence-corrected chi connectivity index (χ0v) is 15.2. The maximum absolute atomic E-state index is 4.54. The molecule has 0 aliphatic heterocycles. The summed E-state index contributed by atoms with van der Waals surface area (Å²) in [6.07, 6.45) is 3.59. The number of pyridine rings is 2. The van der Waals surface area contributed by atoms with Crippen LogP contribution < -0.4 is 0 Å². The molecule has 4 nitrogen and oxygen atoms in total. The number of fused-ring (bicyclic) bond motifs is 2. The summed E-state index contributed by atoms with van der Waals surface area (Å²) in [7, 11) is 3.24. The van der Waals surface area contributed by atoms with Crippen LogP contribution in [-0.4, -0.2) is 19.9 Å². The molecule has 4 aromatic heterocycles. The Morgan fingerprint density at radius 1 is 0.773 bits per heavy atom. The molecule has 4 heterocycles. The van der Waals surface area contributed by atoms with Crippen LogP contribution in [0.2, 0.25) is 0 Å². The lowest BCUT2D eigenvalue weighted by Crippen LogP contribution is -1.70. The molecule has 0 spiro atoms. The van der Waals surface area contributed by atoms with Gasteiger partial charge in [0, 0.05) is 12.4 Å². The normalized spacial score (nSPS) is 10.6. The van der Waals surface area contributed by atoms with Gasteiger partial charge in [-0.2, -0.15) is 0 Å². The Bertz CT molecular complexity index is 746. The molecule has 0 aliphatic rings. The summed E-state index contributed by atoms with van der Waals surface area (Å²) in [5.74, 6) is 0. The van der Waals surface area contributed by atoms with Gasteiger partial charge >= 0.3 is 0 Å². The number of aromatic nitrogens is 4. The highest BCUT2D eigenvalue weighted by molar-refractivity contribution is 8.77. The highest BCUT2D eigenvalue weighted by atomic mass is 33.1. The minimum atomic E-state index is 0.951. The van der Waals surface area contributed by atoms with Crippen LogP contribution in [0.5, 0.6) is 0 Å². The fraction of sp³-hybridized carbons (Fsp3) is 0.143. The van der Waals surface area contributed by atoms with Gasteiger partial charge < -0.3 is 0 Å². The van der Waals surface area contributed by atoms with Crippen molar-refractivity contribution in [3.05, 3.63) is 36.7 Å². The third-order valence-corrected chi connectivity index (χ3v) is 7.41. The van der Waals surface area contributed by atoms with Gasteiger partial charge in [-0.25, -0.2) is 19.9 Å². The third kappa shape index (κ3) is 3.40. The minimum absolute atomic E-state index is 0.951.